The van der Waals surface area contributed by atoms with Crippen LogP contribution in [0.5, 0.6) is 11.5 Å². The van der Waals surface area contributed by atoms with Crippen LogP contribution in [0, 0.1) is 12.8 Å². The summed E-state index contributed by atoms with van der Waals surface area (Å²) in [7, 11) is 1.46. The van der Waals surface area contributed by atoms with E-state index in [9.17, 15) is 14.7 Å². The molecular weight excluding hydrogens is 408 g/mol. The number of fused-ring (bicyclic) bond motifs is 1. The van der Waals surface area contributed by atoms with E-state index in [2.05, 4.69) is 0 Å². The molecule has 0 saturated carbocycles. The zero-order chi connectivity index (χ0) is 22.4. The third-order valence-electron chi connectivity index (χ3n) is 6.03. The normalized spacial score (nSPS) is 22.4. The number of nitrogens with zero attached hydrogens (tertiary/aromatic N) is 2. The number of phenols is 1. The number of para-hydroxylation sites is 2. The standard InChI is InChI=1S/C25H22N2O5/c1-15-8-6-7-11-18(15)26-24(29)21-22(16-12-13-19(28)20(14-16)31-2)27(32-23(21)25(26)30)17-9-4-3-5-10-17/h3-14,21-23,28H,1-2H3/t21-,22-,23-/m0/s1. The summed E-state index contributed by atoms with van der Waals surface area (Å²) >= 11 is 0. The Morgan fingerprint density at radius 1 is 0.938 bits per heavy atom. The highest BCUT2D eigenvalue weighted by molar-refractivity contribution is 6.24. The maximum absolute atomic E-state index is 13.6. The number of carbonyl (C=O) groups excluding carboxylic acids is 2. The van der Waals surface area contributed by atoms with E-state index in [-0.39, 0.29) is 23.3 Å². The molecule has 2 saturated heterocycles. The summed E-state index contributed by atoms with van der Waals surface area (Å²) in [6, 6.07) is 21.0. The van der Waals surface area contributed by atoms with Crippen LogP contribution in [-0.4, -0.2) is 30.1 Å². The Kier molecular flexibility index (Phi) is 4.83. The minimum absolute atomic E-state index is 0.00617. The molecule has 32 heavy (non-hydrogen) atoms. The van der Waals surface area contributed by atoms with Gasteiger partial charge in [0.25, 0.3) is 5.91 Å². The van der Waals surface area contributed by atoms with Gasteiger partial charge in [0.15, 0.2) is 17.6 Å². The largest absolute Gasteiger partial charge is 0.504 e. The quantitative estimate of drug-likeness (QED) is 0.635. The van der Waals surface area contributed by atoms with Crippen LogP contribution < -0.4 is 14.7 Å². The van der Waals surface area contributed by atoms with Gasteiger partial charge in [-0.1, -0.05) is 42.5 Å². The van der Waals surface area contributed by atoms with Crippen molar-refractivity contribution in [2.75, 3.05) is 17.1 Å². The molecule has 2 heterocycles. The maximum atomic E-state index is 13.6. The van der Waals surface area contributed by atoms with Gasteiger partial charge in [-0.15, -0.1) is 0 Å². The van der Waals surface area contributed by atoms with Gasteiger partial charge in [-0.25, -0.2) is 9.96 Å². The molecule has 0 aliphatic carbocycles. The minimum atomic E-state index is -0.952. The van der Waals surface area contributed by atoms with Crippen molar-refractivity contribution in [1.29, 1.82) is 0 Å². The number of hydroxylamine groups is 1. The van der Waals surface area contributed by atoms with Gasteiger partial charge >= 0.3 is 0 Å². The number of anilines is 2. The second kappa shape index (κ2) is 7.69. The zero-order valence-corrected chi connectivity index (χ0v) is 17.6. The smallest absolute Gasteiger partial charge is 0.266 e. The summed E-state index contributed by atoms with van der Waals surface area (Å²) in [6.45, 7) is 1.86. The first-order chi connectivity index (χ1) is 15.5. The third-order valence-corrected chi connectivity index (χ3v) is 6.03. The van der Waals surface area contributed by atoms with Crippen molar-refractivity contribution in [3.8, 4) is 11.5 Å². The molecule has 2 fully saturated rings. The van der Waals surface area contributed by atoms with Crippen LogP contribution in [0.15, 0.2) is 72.8 Å². The number of hydrogen-bond donors (Lipinski definition) is 1. The van der Waals surface area contributed by atoms with Crippen LogP contribution in [0.2, 0.25) is 0 Å². The van der Waals surface area contributed by atoms with Gasteiger partial charge in [0.1, 0.15) is 5.92 Å². The molecule has 7 heteroatoms. The Balaban J connectivity index is 1.62. The summed E-state index contributed by atoms with van der Waals surface area (Å²) in [4.78, 5) is 34.4. The van der Waals surface area contributed by atoms with Gasteiger partial charge in [-0.05, 0) is 48.4 Å². The Morgan fingerprint density at radius 3 is 2.38 bits per heavy atom. The number of imide groups is 1. The van der Waals surface area contributed by atoms with Gasteiger partial charge in [0.2, 0.25) is 5.91 Å². The predicted molar refractivity (Wildman–Crippen MR) is 118 cm³/mol. The Morgan fingerprint density at radius 2 is 1.66 bits per heavy atom. The molecular formula is C25H22N2O5. The number of aromatic hydroxyl groups is 1. The summed E-state index contributed by atoms with van der Waals surface area (Å²) < 4.78 is 5.28. The summed E-state index contributed by atoms with van der Waals surface area (Å²) in [5, 5.41) is 11.7. The molecule has 0 bridgehead atoms. The first-order valence-electron chi connectivity index (χ1n) is 10.3. The molecule has 3 atom stereocenters. The van der Waals surface area contributed by atoms with Crippen molar-refractivity contribution in [2.24, 2.45) is 5.92 Å². The molecule has 3 aromatic rings. The molecule has 7 nitrogen and oxygen atoms in total. The lowest BCUT2D eigenvalue weighted by Crippen LogP contribution is -2.37. The number of ether oxygens (including phenoxy) is 1. The van der Waals surface area contributed by atoms with E-state index < -0.39 is 18.1 Å². The second-order valence-corrected chi connectivity index (χ2v) is 7.89. The summed E-state index contributed by atoms with van der Waals surface area (Å²) in [5.74, 6) is -1.18. The Bertz CT molecular complexity index is 1200. The van der Waals surface area contributed by atoms with Gasteiger partial charge in [0.05, 0.1) is 24.5 Å². The highest BCUT2D eigenvalue weighted by Crippen LogP contribution is 2.48. The number of aryl methyl sites for hydroxylation is 1. The van der Waals surface area contributed by atoms with E-state index >= 15 is 0 Å². The number of rotatable bonds is 4. The molecule has 0 aromatic heterocycles. The molecule has 0 spiro atoms. The van der Waals surface area contributed by atoms with Crippen LogP contribution in [0.3, 0.4) is 0 Å². The lowest BCUT2D eigenvalue weighted by Gasteiger charge is -2.29. The van der Waals surface area contributed by atoms with Crippen molar-refractivity contribution in [3.63, 3.8) is 0 Å². The molecule has 2 amide bonds. The fourth-order valence-electron chi connectivity index (χ4n) is 4.48. The van der Waals surface area contributed by atoms with Gasteiger partial charge in [-0.2, -0.15) is 0 Å². The van der Waals surface area contributed by atoms with E-state index in [1.165, 1.54) is 18.1 Å². The summed E-state index contributed by atoms with van der Waals surface area (Å²) in [6.07, 6.45) is -0.952. The van der Waals surface area contributed by atoms with Crippen LogP contribution in [0.4, 0.5) is 11.4 Å². The fraction of sp³-hybridized carbons (Fsp3) is 0.200. The highest BCUT2D eigenvalue weighted by Gasteiger charge is 2.60. The topological polar surface area (TPSA) is 79.3 Å². The van der Waals surface area contributed by atoms with Gasteiger partial charge in [-0.3, -0.25) is 14.4 Å². The lowest BCUT2D eigenvalue weighted by atomic mass is 9.90. The first kappa shape index (κ1) is 20.1. The van der Waals surface area contributed by atoms with Crippen molar-refractivity contribution < 1.29 is 24.3 Å². The molecule has 5 rings (SSSR count). The number of hydrogen-bond acceptors (Lipinski definition) is 6. The van der Waals surface area contributed by atoms with Crippen LogP contribution in [0.25, 0.3) is 0 Å². The molecule has 2 aliphatic rings. The first-order valence-corrected chi connectivity index (χ1v) is 10.3. The number of carbonyl (C=O) groups is 2. The Hall–Kier alpha value is -3.84. The van der Waals surface area contributed by atoms with E-state index in [1.807, 2.05) is 49.4 Å². The highest BCUT2D eigenvalue weighted by atomic mass is 16.7. The van der Waals surface area contributed by atoms with Crippen molar-refractivity contribution in [2.45, 2.75) is 19.1 Å². The van der Waals surface area contributed by atoms with Crippen molar-refractivity contribution in [3.05, 3.63) is 83.9 Å². The average Bonchev–Trinajstić information content (AvgIpc) is 3.31. The van der Waals surface area contributed by atoms with Crippen molar-refractivity contribution in [1.82, 2.24) is 0 Å². The minimum Gasteiger partial charge on any atom is -0.504 e. The summed E-state index contributed by atoms with van der Waals surface area (Å²) in [5.41, 5.74) is 2.82. The van der Waals surface area contributed by atoms with Gasteiger partial charge < -0.3 is 9.84 Å². The Labute approximate surface area is 185 Å². The molecule has 0 radical (unpaired) electrons. The number of benzene rings is 3. The van der Waals surface area contributed by atoms with E-state index in [0.29, 0.717) is 11.3 Å². The van der Waals surface area contributed by atoms with Gasteiger partial charge in [0, 0.05) is 0 Å². The number of amides is 2. The average molecular weight is 430 g/mol. The number of methoxy groups -OCH3 is 1. The van der Waals surface area contributed by atoms with Crippen molar-refractivity contribution >= 4 is 23.2 Å². The van der Waals surface area contributed by atoms with Crippen LogP contribution in [-0.2, 0) is 14.4 Å². The SMILES string of the molecule is COc1cc([C@H]2[C@@H]3C(=O)N(c4ccccc4C)C(=O)[C@H]3ON2c2ccccc2)ccc1O. The van der Waals surface area contributed by atoms with E-state index in [1.54, 1.807) is 29.3 Å². The molecule has 2 aliphatic heterocycles. The molecule has 3 aromatic carbocycles. The van der Waals surface area contributed by atoms with E-state index in [0.717, 1.165) is 11.3 Å². The monoisotopic (exact) mass is 430 g/mol. The molecule has 162 valence electrons. The molecule has 0 unspecified atom stereocenters. The fourth-order valence-corrected chi connectivity index (χ4v) is 4.48. The van der Waals surface area contributed by atoms with E-state index in [4.69, 9.17) is 9.57 Å². The second-order valence-electron chi connectivity index (χ2n) is 7.89. The lowest BCUT2D eigenvalue weighted by molar-refractivity contribution is -0.126. The van der Waals surface area contributed by atoms with Crippen LogP contribution in [0.1, 0.15) is 17.2 Å². The number of phenolic OH excluding ortho intramolecular Hbond substituents is 1. The van der Waals surface area contributed by atoms with Crippen LogP contribution >= 0.6 is 0 Å². The third kappa shape index (κ3) is 3.01. The zero-order valence-electron chi connectivity index (χ0n) is 17.6. The predicted octanol–water partition coefficient (Wildman–Crippen LogP) is 3.76. The maximum Gasteiger partial charge on any atom is 0.266 e. The molecule has 1 N–H and O–H groups in total.